The molecule has 0 radical (unpaired) electrons. The van der Waals surface area contributed by atoms with Crippen LogP contribution in [0, 0.1) is 0 Å². The summed E-state index contributed by atoms with van der Waals surface area (Å²) < 4.78 is 0. The standard InChI is InChI=1S/C16H20N2O2S/c1-21-7-6-15(16(19)20)18-10-12-9-13(17)8-11-4-2-3-5-14(11)12/h2-5,8-9,15,18H,6-7,10,17H2,1H3,(H,19,20)/t15-/m0/s1. The molecule has 2 aromatic rings. The van der Waals surface area contributed by atoms with Gasteiger partial charge in [-0.2, -0.15) is 11.8 Å². The molecule has 0 aliphatic carbocycles. The third-order valence-corrected chi connectivity index (χ3v) is 4.06. The molecular formula is C16H20N2O2S. The first-order valence-corrected chi connectivity index (χ1v) is 8.23. The van der Waals surface area contributed by atoms with E-state index in [0.29, 0.717) is 18.7 Å². The lowest BCUT2D eigenvalue weighted by atomic mass is 10.0. The number of fused-ring (bicyclic) bond motifs is 1. The predicted octanol–water partition coefficient (Wildman–Crippen LogP) is 2.72. The van der Waals surface area contributed by atoms with Crippen molar-refractivity contribution in [1.29, 1.82) is 0 Å². The smallest absolute Gasteiger partial charge is 0.320 e. The van der Waals surface area contributed by atoms with Gasteiger partial charge in [0, 0.05) is 12.2 Å². The van der Waals surface area contributed by atoms with E-state index in [4.69, 9.17) is 5.73 Å². The third-order valence-electron chi connectivity index (χ3n) is 3.42. The van der Waals surface area contributed by atoms with Gasteiger partial charge in [-0.15, -0.1) is 0 Å². The second kappa shape index (κ2) is 7.33. The fourth-order valence-electron chi connectivity index (χ4n) is 2.34. The van der Waals surface area contributed by atoms with Gasteiger partial charge in [0.15, 0.2) is 0 Å². The van der Waals surface area contributed by atoms with Crippen LogP contribution in [-0.2, 0) is 11.3 Å². The Morgan fingerprint density at radius 1 is 1.38 bits per heavy atom. The lowest BCUT2D eigenvalue weighted by Crippen LogP contribution is -2.36. The van der Waals surface area contributed by atoms with Crippen molar-refractivity contribution < 1.29 is 9.90 Å². The fraction of sp³-hybridized carbons (Fsp3) is 0.312. The first kappa shape index (κ1) is 15.7. The van der Waals surface area contributed by atoms with E-state index in [9.17, 15) is 9.90 Å². The van der Waals surface area contributed by atoms with Gasteiger partial charge in [0.25, 0.3) is 0 Å². The maximum atomic E-state index is 11.3. The highest BCUT2D eigenvalue weighted by molar-refractivity contribution is 7.98. The van der Waals surface area contributed by atoms with Gasteiger partial charge in [0.1, 0.15) is 6.04 Å². The van der Waals surface area contributed by atoms with Crippen molar-refractivity contribution in [2.45, 2.75) is 19.0 Å². The molecule has 0 heterocycles. The van der Waals surface area contributed by atoms with Gasteiger partial charge in [0.2, 0.25) is 0 Å². The Kier molecular flexibility index (Phi) is 5.47. The average molecular weight is 304 g/mol. The fourth-order valence-corrected chi connectivity index (χ4v) is 2.81. The summed E-state index contributed by atoms with van der Waals surface area (Å²) in [5.41, 5.74) is 7.65. The summed E-state index contributed by atoms with van der Waals surface area (Å²) in [6.07, 6.45) is 2.58. The molecule has 0 aliphatic heterocycles. The number of hydrogen-bond donors (Lipinski definition) is 3. The average Bonchev–Trinajstić information content (AvgIpc) is 2.46. The second-order valence-electron chi connectivity index (χ2n) is 4.95. The summed E-state index contributed by atoms with van der Waals surface area (Å²) in [4.78, 5) is 11.3. The van der Waals surface area contributed by atoms with Crippen molar-refractivity contribution in [3.63, 3.8) is 0 Å². The predicted molar refractivity (Wildman–Crippen MR) is 89.6 cm³/mol. The monoisotopic (exact) mass is 304 g/mol. The molecule has 21 heavy (non-hydrogen) atoms. The molecule has 0 amide bonds. The molecule has 1 atom stereocenters. The molecule has 0 spiro atoms. The molecule has 0 aliphatic rings. The first-order valence-electron chi connectivity index (χ1n) is 6.84. The maximum absolute atomic E-state index is 11.3. The number of thioether (sulfide) groups is 1. The van der Waals surface area contributed by atoms with Crippen LogP contribution in [-0.4, -0.2) is 29.1 Å². The Morgan fingerprint density at radius 3 is 2.86 bits per heavy atom. The molecule has 112 valence electrons. The molecule has 4 nitrogen and oxygen atoms in total. The minimum absolute atomic E-state index is 0.497. The number of benzene rings is 2. The highest BCUT2D eigenvalue weighted by Crippen LogP contribution is 2.22. The van der Waals surface area contributed by atoms with Gasteiger partial charge in [-0.3, -0.25) is 4.79 Å². The van der Waals surface area contributed by atoms with Crippen molar-refractivity contribution in [2.24, 2.45) is 0 Å². The van der Waals surface area contributed by atoms with Gasteiger partial charge in [0.05, 0.1) is 0 Å². The molecular weight excluding hydrogens is 284 g/mol. The second-order valence-corrected chi connectivity index (χ2v) is 5.94. The molecule has 0 fully saturated rings. The number of carboxylic acids is 1. The Labute approximate surface area is 128 Å². The highest BCUT2D eigenvalue weighted by Gasteiger charge is 2.16. The number of nitrogens with one attached hydrogen (secondary N) is 1. The summed E-state index contributed by atoms with van der Waals surface area (Å²) >= 11 is 1.65. The lowest BCUT2D eigenvalue weighted by molar-refractivity contribution is -0.139. The van der Waals surface area contributed by atoms with Crippen LogP contribution < -0.4 is 11.1 Å². The van der Waals surface area contributed by atoms with E-state index in [2.05, 4.69) is 5.32 Å². The molecule has 0 aromatic heterocycles. The maximum Gasteiger partial charge on any atom is 0.320 e. The van der Waals surface area contributed by atoms with Gasteiger partial charge in [-0.1, -0.05) is 24.3 Å². The highest BCUT2D eigenvalue weighted by atomic mass is 32.2. The van der Waals surface area contributed by atoms with Crippen molar-refractivity contribution in [1.82, 2.24) is 5.32 Å². The zero-order valence-electron chi connectivity index (χ0n) is 12.0. The summed E-state index contributed by atoms with van der Waals surface area (Å²) in [6.45, 7) is 0.497. The first-order chi connectivity index (χ1) is 10.1. The summed E-state index contributed by atoms with van der Waals surface area (Å²) in [7, 11) is 0. The van der Waals surface area contributed by atoms with Crippen LogP contribution in [0.5, 0.6) is 0 Å². The van der Waals surface area contributed by atoms with Crippen LogP contribution >= 0.6 is 11.8 Å². The van der Waals surface area contributed by atoms with Gasteiger partial charge >= 0.3 is 5.97 Å². The Morgan fingerprint density at radius 2 is 2.14 bits per heavy atom. The van der Waals surface area contributed by atoms with E-state index >= 15 is 0 Å². The van der Waals surface area contributed by atoms with Crippen LogP contribution in [0.1, 0.15) is 12.0 Å². The van der Waals surface area contributed by atoms with Crippen molar-refractivity contribution in [3.8, 4) is 0 Å². The van der Waals surface area contributed by atoms with E-state index in [1.54, 1.807) is 11.8 Å². The van der Waals surface area contributed by atoms with E-state index in [1.807, 2.05) is 42.7 Å². The molecule has 0 unspecified atom stereocenters. The zero-order chi connectivity index (χ0) is 15.2. The van der Waals surface area contributed by atoms with Crippen molar-refractivity contribution in [3.05, 3.63) is 42.0 Å². The molecule has 2 aromatic carbocycles. The number of aliphatic carboxylic acids is 1. The minimum atomic E-state index is -0.808. The third kappa shape index (κ3) is 4.12. The summed E-state index contributed by atoms with van der Waals surface area (Å²) in [6, 6.07) is 11.3. The number of rotatable bonds is 7. The van der Waals surface area contributed by atoms with Gasteiger partial charge < -0.3 is 16.2 Å². The number of hydrogen-bond acceptors (Lipinski definition) is 4. The molecule has 0 bridgehead atoms. The Balaban J connectivity index is 2.17. The normalized spacial score (nSPS) is 12.4. The molecule has 5 heteroatoms. The number of carboxylic acid groups (broad SMARTS) is 1. The Bertz CT molecular complexity index is 631. The SMILES string of the molecule is CSCC[C@H](NCc1cc(N)cc2ccccc12)C(=O)O. The lowest BCUT2D eigenvalue weighted by Gasteiger charge is -2.15. The van der Waals surface area contributed by atoms with Crippen molar-refractivity contribution >= 4 is 34.2 Å². The Hall–Kier alpha value is -1.72. The summed E-state index contributed by atoms with van der Waals surface area (Å²) in [5.74, 6) is 0.0130. The molecule has 0 saturated heterocycles. The molecule has 2 rings (SSSR count). The van der Waals surface area contributed by atoms with E-state index < -0.39 is 12.0 Å². The molecule has 0 saturated carbocycles. The topological polar surface area (TPSA) is 75.3 Å². The van der Waals surface area contributed by atoms with E-state index in [1.165, 1.54) is 0 Å². The largest absolute Gasteiger partial charge is 0.480 e. The van der Waals surface area contributed by atoms with Gasteiger partial charge in [-0.25, -0.2) is 0 Å². The minimum Gasteiger partial charge on any atom is -0.480 e. The number of nitrogen functional groups attached to an aromatic ring is 1. The number of nitrogens with two attached hydrogens (primary N) is 1. The van der Waals surface area contributed by atoms with Crippen LogP contribution in [0.3, 0.4) is 0 Å². The number of carbonyl (C=O) groups is 1. The van der Waals surface area contributed by atoms with E-state index in [0.717, 1.165) is 22.1 Å². The van der Waals surface area contributed by atoms with Gasteiger partial charge in [-0.05, 0) is 46.9 Å². The van der Waals surface area contributed by atoms with Crippen LogP contribution in [0.15, 0.2) is 36.4 Å². The number of anilines is 1. The van der Waals surface area contributed by atoms with Crippen molar-refractivity contribution in [2.75, 3.05) is 17.7 Å². The van der Waals surface area contributed by atoms with Crippen LogP contribution in [0.2, 0.25) is 0 Å². The van der Waals surface area contributed by atoms with Crippen LogP contribution in [0.4, 0.5) is 5.69 Å². The summed E-state index contributed by atoms with van der Waals surface area (Å²) in [5, 5.41) is 14.5. The zero-order valence-corrected chi connectivity index (χ0v) is 12.8. The molecule has 4 N–H and O–H groups in total. The van der Waals surface area contributed by atoms with E-state index in [-0.39, 0.29) is 0 Å². The quantitative estimate of drug-likeness (QED) is 0.686. The van der Waals surface area contributed by atoms with Crippen LogP contribution in [0.25, 0.3) is 10.8 Å².